The molecule has 2 heteroatoms. The second kappa shape index (κ2) is 8.21. The number of benzene rings is 1. The van der Waals surface area contributed by atoms with Crippen LogP contribution in [0.4, 0.5) is 0 Å². The molecule has 0 N–H and O–H groups in total. The lowest BCUT2D eigenvalue weighted by Gasteiger charge is -2.11. The lowest BCUT2D eigenvalue weighted by molar-refractivity contribution is 0.854. The van der Waals surface area contributed by atoms with Gasteiger partial charge in [-0.3, -0.25) is 9.97 Å². The monoisotopic (exact) mass is 316 g/mol. The van der Waals surface area contributed by atoms with Crippen molar-refractivity contribution in [1.29, 1.82) is 0 Å². The minimum atomic E-state index is 0.473. The minimum Gasteiger partial charge on any atom is -0.264 e. The third kappa shape index (κ3) is 3.96. The van der Waals surface area contributed by atoms with Crippen LogP contribution in [0.25, 0.3) is 23.1 Å². The first-order valence-corrected chi connectivity index (χ1v) is 8.11. The molecule has 0 saturated carbocycles. The van der Waals surface area contributed by atoms with Gasteiger partial charge in [0, 0.05) is 24.0 Å². The zero-order valence-corrected chi connectivity index (χ0v) is 14.7. The number of hydrogen-bond donors (Lipinski definition) is 0. The number of fused-ring (bicyclic) bond motifs is 1. The number of pyridine rings is 2. The zero-order chi connectivity index (χ0) is 17.5. The van der Waals surface area contributed by atoms with Gasteiger partial charge in [-0.05, 0) is 47.2 Å². The van der Waals surface area contributed by atoms with Gasteiger partial charge in [-0.25, -0.2) is 0 Å². The Labute approximate surface area is 144 Å². The van der Waals surface area contributed by atoms with Crippen LogP contribution in [0.15, 0.2) is 62.1 Å². The van der Waals surface area contributed by atoms with Gasteiger partial charge in [0.1, 0.15) is 0 Å². The second-order valence-electron chi connectivity index (χ2n) is 5.94. The average molecular weight is 316 g/mol. The van der Waals surface area contributed by atoms with E-state index in [1.165, 1.54) is 16.5 Å². The van der Waals surface area contributed by atoms with Crippen molar-refractivity contribution in [1.82, 2.24) is 9.97 Å². The highest BCUT2D eigenvalue weighted by molar-refractivity contribution is 5.81. The molecule has 3 aromatic rings. The summed E-state index contributed by atoms with van der Waals surface area (Å²) in [5.41, 5.74) is 5.80. The summed E-state index contributed by atoms with van der Waals surface area (Å²) in [4.78, 5) is 8.41. The molecule has 0 fully saturated rings. The summed E-state index contributed by atoms with van der Waals surface area (Å²) in [6, 6.07) is 10.2. The van der Waals surface area contributed by atoms with Gasteiger partial charge < -0.3 is 0 Å². The van der Waals surface area contributed by atoms with E-state index in [-0.39, 0.29) is 0 Å². The van der Waals surface area contributed by atoms with Crippen molar-refractivity contribution in [2.24, 2.45) is 0 Å². The van der Waals surface area contributed by atoms with Gasteiger partial charge >= 0.3 is 0 Å². The van der Waals surface area contributed by atoms with Gasteiger partial charge in [0.25, 0.3) is 0 Å². The molecule has 0 saturated heterocycles. The van der Waals surface area contributed by atoms with Crippen LogP contribution < -0.4 is 0 Å². The molecular weight excluding hydrogens is 292 g/mol. The number of hydrogen-bond acceptors (Lipinski definition) is 2. The molecule has 0 aliphatic rings. The van der Waals surface area contributed by atoms with Crippen LogP contribution in [0.1, 0.15) is 42.0 Å². The zero-order valence-electron chi connectivity index (χ0n) is 14.7. The van der Waals surface area contributed by atoms with E-state index < -0.39 is 0 Å². The van der Waals surface area contributed by atoms with Crippen molar-refractivity contribution in [3.63, 3.8) is 0 Å². The molecular formula is C22H24N2. The molecule has 0 spiro atoms. The molecule has 0 aliphatic carbocycles. The predicted molar refractivity (Wildman–Crippen MR) is 105 cm³/mol. The lowest BCUT2D eigenvalue weighted by atomic mass is 9.96. The van der Waals surface area contributed by atoms with Gasteiger partial charge in [-0.2, -0.15) is 0 Å². The van der Waals surface area contributed by atoms with Gasteiger partial charge in [-0.1, -0.05) is 57.4 Å². The fraction of sp³-hybridized carbons (Fsp3) is 0.182. The maximum atomic E-state index is 4.24. The molecule has 0 amide bonds. The Hall–Kier alpha value is -2.74. The van der Waals surface area contributed by atoms with Crippen LogP contribution in [0.5, 0.6) is 0 Å². The fourth-order valence-corrected chi connectivity index (χ4v) is 2.60. The summed E-state index contributed by atoms with van der Waals surface area (Å²) in [6.07, 6.45) is 9.24. The predicted octanol–water partition coefficient (Wildman–Crippen LogP) is 6.03. The van der Waals surface area contributed by atoms with E-state index in [1.54, 1.807) is 0 Å². The lowest BCUT2D eigenvalue weighted by Crippen LogP contribution is -1.95. The summed E-state index contributed by atoms with van der Waals surface area (Å²) in [5.74, 6) is 0.473. The first-order valence-electron chi connectivity index (χ1n) is 8.11. The van der Waals surface area contributed by atoms with Gasteiger partial charge in [-0.15, -0.1) is 0 Å². The van der Waals surface area contributed by atoms with Crippen LogP contribution >= 0.6 is 0 Å². The van der Waals surface area contributed by atoms with Crippen LogP contribution in [0.3, 0.4) is 0 Å². The maximum Gasteiger partial charge on any atom is 0.0704 e. The standard InChI is InChI=1S/C12H15N.C10H9N/c1-5-10-7-13-8-12(9(3)4)11(10)6-2;1-8-6-7-11-10-5-3-2-4-9(8)10/h5-9H,1-2H2,3-4H3;2-7H,1H3. The third-order valence-electron chi connectivity index (χ3n) is 3.96. The largest absolute Gasteiger partial charge is 0.264 e. The van der Waals surface area contributed by atoms with Crippen molar-refractivity contribution in [2.75, 3.05) is 0 Å². The quantitative estimate of drug-likeness (QED) is 0.589. The summed E-state index contributed by atoms with van der Waals surface area (Å²) >= 11 is 0. The number of nitrogens with zero attached hydrogens (tertiary/aromatic N) is 2. The van der Waals surface area contributed by atoms with E-state index in [9.17, 15) is 0 Å². The first kappa shape index (κ1) is 17.6. The molecule has 3 rings (SSSR count). The smallest absolute Gasteiger partial charge is 0.0704 e. The SMILES string of the molecule is C=Cc1cncc(C(C)C)c1C=C.Cc1ccnc2ccccc12. The van der Waals surface area contributed by atoms with Crippen LogP contribution in [-0.2, 0) is 0 Å². The number of rotatable bonds is 3. The highest BCUT2D eigenvalue weighted by Gasteiger charge is 2.06. The van der Waals surface area contributed by atoms with E-state index in [0.29, 0.717) is 5.92 Å². The Morgan fingerprint density at radius 2 is 1.75 bits per heavy atom. The van der Waals surface area contributed by atoms with Crippen LogP contribution in [0.2, 0.25) is 0 Å². The van der Waals surface area contributed by atoms with Crippen molar-refractivity contribution in [2.45, 2.75) is 26.7 Å². The van der Waals surface area contributed by atoms with E-state index in [0.717, 1.165) is 16.6 Å². The molecule has 0 radical (unpaired) electrons. The molecule has 24 heavy (non-hydrogen) atoms. The Morgan fingerprint density at radius 1 is 1.00 bits per heavy atom. The van der Waals surface area contributed by atoms with Crippen LogP contribution in [-0.4, -0.2) is 9.97 Å². The number of aromatic nitrogens is 2. The normalized spacial score (nSPS) is 10.2. The Bertz CT molecular complexity index is 842. The number of aryl methyl sites for hydroxylation is 1. The van der Waals surface area contributed by atoms with E-state index in [2.05, 4.69) is 50.0 Å². The fourth-order valence-electron chi connectivity index (χ4n) is 2.60. The Kier molecular flexibility index (Phi) is 6.02. The van der Waals surface area contributed by atoms with Crippen LogP contribution in [0, 0.1) is 6.92 Å². The van der Waals surface area contributed by atoms with Gasteiger partial charge in [0.05, 0.1) is 5.52 Å². The Balaban J connectivity index is 0.000000175. The molecule has 0 atom stereocenters. The highest BCUT2D eigenvalue weighted by atomic mass is 14.6. The number of para-hydroxylation sites is 1. The molecule has 0 bridgehead atoms. The minimum absolute atomic E-state index is 0.473. The van der Waals surface area contributed by atoms with Gasteiger partial charge in [0.15, 0.2) is 0 Å². The highest BCUT2D eigenvalue weighted by Crippen LogP contribution is 2.23. The third-order valence-corrected chi connectivity index (χ3v) is 3.96. The Morgan fingerprint density at radius 3 is 2.38 bits per heavy atom. The average Bonchev–Trinajstić information content (AvgIpc) is 2.62. The summed E-state index contributed by atoms with van der Waals surface area (Å²) in [6.45, 7) is 14.0. The summed E-state index contributed by atoms with van der Waals surface area (Å²) in [5, 5.41) is 1.25. The maximum absolute atomic E-state index is 4.24. The summed E-state index contributed by atoms with van der Waals surface area (Å²) < 4.78 is 0. The molecule has 2 nitrogen and oxygen atoms in total. The van der Waals surface area contributed by atoms with E-state index in [1.807, 2.05) is 55.0 Å². The van der Waals surface area contributed by atoms with E-state index >= 15 is 0 Å². The molecule has 122 valence electrons. The van der Waals surface area contributed by atoms with Crippen molar-refractivity contribution < 1.29 is 0 Å². The topological polar surface area (TPSA) is 25.8 Å². The molecule has 2 heterocycles. The van der Waals surface area contributed by atoms with Crippen molar-refractivity contribution in [3.05, 3.63) is 84.3 Å². The van der Waals surface area contributed by atoms with Gasteiger partial charge in [0.2, 0.25) is 0 Å². The molecule has 0 unspecified atom stereocenters. The molecule has 1 aromatic carbocycles. The summed E-state index contributed by atoms with van der Waals surface area (Å²) in [7, 11) is 0. The van der Waals surface area contributed by atoms with Crippen molar-refractivity contribution in [3.8, 4) is 0 Å². The molecule has 2 aromatic heterocycles. The first-order chi connectivity index (χ1) is 11.6. The second-order valence-corrected chi connectivity index (χ2v) is 5.94. The van der Waals surface area contributed by atoms with E-state index in [4.69, 9.17) is 0 Å². The van der Waals surface area contributed by atoms with Crippen molar-refractivity contribution >= 4 is 23.1 Å². The molecule has 0 aliphatic heterocycles.